The number of hydrogen-bond acceptors (Lipinski definition) is 2. The number of carbonyl (C=O) groups excluding carboxylic acids is 1. The predicted molar refractivity (Wildman–Crippen MR) is 84.2 cm³/mol. The molecule has 0 radical (unpaired) electrons. The van der Waals surface area contributed by atoms with Crippen molar-refractivity contribution in [2.24, 2.45) is 0 Å². The van der Waals surface area contributed by atoms with Crippen molar-refractivity contribution in [1.82, 2.24) is 10.2 Å². The first-order chi connectivity index (χ1) is 10.2. The predicted octanol–water partition coefficient (Wildman–Crippen LogP) is 3.44. The molecule has 1 heterocycles. The highest BCUT2D eigenvalue weighted by Crippen LogP contribution is 2.19. The van der Waals surface area contributed by atoms with Gasteiger partial charge in [-0.25, -0.2) is 0 Å². The third kappa shape index (κ3) is 3.11. The van der Waals surface area contributed by atoms with Crippen LogP contribution >= 0.6 is 0 Å². The van der Waals surface area contributed by atoms with Crippen LogP contribution < -0.4 is 5.32 Å². The Hall–Kier alpha value is -2.62. The first-order valence-electron chi connectivity index (χ1n) is 7.01. The second-order valence-electron chi connectivity index (χ2n) is 5.16. The minimum Gasteiger partial charge on any atom is -0.309 e. The summed E-state index contributed by atoms with van der Waals surface area (Å²) in [4.78, 5) is 12.0. The van der Waals surface area contributed by atoms with Gasteiger partial charge in [0.25, 0.3) is 0 Å². The number of H-pyrrole nitrogens is 1. The maximum absolute atomic E-state index is 12.0. The van der Waals surface area contributed by atoms with Crippen molar-refractivity contribution in [3.8, 4) is 0 Å². The van der Waals surface area contributed by atoms with E-state index in [9.17, 15) is 4.79 Å². The van der Waals surface area contributed by atoms with E-state index in [4.69, 9.17) is 0 Å². The molecule has 1 aromatic heterocycles. The van der Waals surface area contributed by atoms with E-state index in [1.165, 1.54) is 11.1 Å². The van der Waals surface area contributed by atoms with Crippen LogP contribution in [-0.2, 0) is 11.2 Å². The first kappa shape index (κ1) is 13.4. The summed E-state index contributed by atoms with van der Waals surface area (Å²) in [6.45, 7) is 2.05. The molecular formula is C17H17N3O. The minimum absolute atomic E-state index is 0.0197. The third-order valence-corrected chi connectivity index (χ3v) is 3.45. The number of nitrogens with zero attached hydrogens (tertiary/aromatic N) is 1. The number of rotatable bonds is 4. The standard InChI is InChI=1S/C17H17N3O/c1-12-5-4-6-13(11-12)9-10-16(21)18-17-14-7-2-3-8-15(14)19-20-17/h2-8,11H,9-10H2,1H3,(H2,18,19,20,21). The van der Waals surface area contributed by atoms with Gasteiger partial charge >= 0.3 is 0 Å². The molecule has 0 spiro atoms. The van der Waals surface area contributed by atoms with E-state index >= 15 is 0 Å². The fraction of sp³-hybridized carbons (Fsp3) is 0.176. The monoisotopic (exact) mass is 279 g/mol. The van der Waals surface area contributed by atoms with Crippen molar-refractivity contribution in [3.63, 3.8) is 0 Å². The average molecular weight is 279 g/mol. The molecule has 21 heavy (non-hydrogen) atoms. The zero-order valence-electron chi connectivity index (χ0n) is 11.9. The van der Waals surface area contributed by atoms with Gasteiger partial charge in [0.15, 0.2) is 5.82 Å². The van der Waals surface area contributed by atoms with Gasteiger partial charge in [-0.15, -0.1) is 0 Å². The minimum atomic E-state index is -0.0197. The molecule has 0 bridgehead atoms. The number of carbonyl (C=O) groups is 1. The Balaban J connectivity index is 1.64. The lowest BCUT2D eigenvalue weighted by Gasteiger charge is -2.04. The van der Waals surface area contributed by atoms with Crippen LogP contribution in [0.2, 0.25) is 0 Å². The number of nitrogens with one attached hydrogen (secondary N) is 2. The van der Waals surface area contributed by atoms with Crippen molar-refractivity contribution >= 4 is 22.6 Å². The number of fused-ring (bicyclic) bond motifs is 1. The lowest BCUT2D eigenvalue weighted by molar-refractivity contribution is -0.116. The molecule has 106 valence electrons. The maximum atomic E-state index is 12.0. The van der Waals surface area contributed by atoms with E-state index in [0.717, 1.165) is 17.3 Å². The van der Waals surface area contributed by atoms with Crippen LogP contribution in [0.4, 0.5) is 5.82 Å². The summed E-state index contributed by atoms with van der Waals surface area (Å²) in [6, 6.07) is 16.0. The normalized spacial score (nSPS) is 10.7. The zero-order chi connectivity index (χ0) is 14.7. The van der Waals surface area contributed by atoms with E-state index in [2.05, 4.69) is 34.6 Å². The summed E-state index contributed by atoms with van der Waals surface area (Å²) < 4.78 is 0. The molecule has 2 aromatic carbocycles. The van der Waals surface area contributed by atoms with Crippen LogP contribution in [0.25, 0.3) is 10.9 Å². The Kier molecular flexibility index (Phi) is 3.69. The second kappa shape index (κ2) is 5.79. The lowest BCUT2D eigenvalue weighted by atomic mass is 10.1. The molecule has 0 saturated carbocycles. The fourth-order valence-corrected chi connectivity index (χ4v) is 2.38. The van der Waals surface area contributed by atoms with Crippen LogP contribution in [0.3, 0.4) is 0 Å². The number of aromatic nitrogens is 2. The van der Waals surface area contributed by atoms with Crippen molar-refractivity contribution in [2.45, 2.75) is 19.8 Å². The summed E-state index contributed by atoms with van der Waals surface area (Å²) in [5, 5.41) is 10.9. The first-order valence-corrected chi connectivity index (χ1v) is 7.01. The molecule has 0 aliphatic heterocycles. The van der Waals surface area contributed by atoms with E-state index in [-0.39, 0.29) is 5.91 Å². The number of anilines is 1. The molecule has 0 aliphatic rings. The van der Waals surface area contributed by atoms with Crippen LogP contribution in [0.5, 0.6) is 0 Å². The smallest absolute Gasteiger partial charge is 0.225 e. The topological polar surface area (TPSA) is 57.8 Å². The van der Waals surface area contributed by atoms with Gasteiger partial charge < -0.3 is 5.32 Å². The summed E-state index contributed by atoms with van der Waals surface area (Å²) in [6.07, 6.45) is 1.18. The van der Waals surface area contributed by atoms with Crippen molar-refractivity contribution < 1.29 is 4.79 Å². The van der Waals surface area contributed by atoms with Gasteiger partial charge in [-0.05, 0) is 31.0 Å². The van der Waals surface area contributed by atoms with E-state index in [0.29, 0.717) is 12.2 Å². The maximum Gasteiger partial charge on any atom is 0.225 e. The van der Waals surface area contributed by atoms with Crippen LogP contribution in [0.1, 0.15) is 17.5 Å². The van der Waals surface area contributed by atoms with Gasteiger partial charge in [0, 0.05) is 11.8 Å². The Morgan fingerprint density at radius 3 is 2.90 bits per heavy atom. The summed E-state index contributed by atoms with van der Waals surface area (Å²) in [7, 11) is 0. The van der Waals surface area contributed by atoms with Crippen LogP contribution in [0, 0.1) is 6.92 Å². The average Bonchev–Trinajstić information content (AvgIpc) is 2.89. The Morgan fingerprint density at radius 1 is 1.19 bits per heavy atom. The summed E-state index contributed by atoms with van der Waals surface area (Å²) in [5.74, 6) is 0.577. The highest BCUT2D eigenvalue weighted by atomic mass is 16.1. The number of amides is 1. The van der Waals surface area contributed by atoms with Gasteiger partial charge in [0.2, 0.25) is 5.91 Å². The molecule has 0 saturated heterocycles. The van der Waals surface area contributed by atoms with E-state index in [1.54, 1.807) is 0 Å². The van der Waals surface area contributed by atoms with E-state index < -0.39 is 0 Å². The molecular weight excluding hydrogens is 262 g/mol. The molecule has 0 aliphatic carbocycles. The second-order valence-corrected chi connectivity index (χ2v) is 5.16. The largest absolute Gasteiger partial charge is 0.309 e. The molecule has 4 heteroatoms. The van der Waals surface area contributed by atoms with Gasteiger partial charge in [-0.2, -0.15) is 5.10 Å². The Bertz CT molecular complexity index is 776. The number of aryl methyl sites for hydroxylation is 2. The number of para-hydroxylation sites is 1. The molecule has 3 rings (SSSR count). The molecule has 0 unspecified atom stereocenters. The number of aromatic amines is 1. The highest BCUT2D eigenvalue weighted by molar-refractivity contribution is 5.99. The van der Waals surface area contributed by atoms with Crippen LogP contribution in [0.15, 0.2) is 48.5 Å². The van der Waals surface area contributed by atoms with Crippen molar-refractivity contribution in [1.29, 1.82) is 0 Å². The SMILES string of the molecule is Cc1cccc(CCC(=O)Nc2n[nH]c3ccccc23)c1. The highest BCUT2D eigenvalue weighted by Gasteiger charge is 2.09. The Morgan fingerprint density at radius 2 is 2.05 bits per heavy atom. The third-order valence-electron chi connectivity index (χ3n) is 3.45. The molecule has 1 amide bonds. The molecule has 2 N–H and O–H groups in total. The molecule has 0 fully saturated rings. The Labute approximate surface area is 123 Å². The van der Waals surface area contributed by atoms with Gasteiger partial charge in [-0.3, -0.25) is 9.89 Å². The van der Waals surface area contributed by atoms with Gasteiger partial charge in [-0.1, -0.05) is 42.0 Å². The zero-order valence-corrected chi connectivity index (χ0v) is 11.9. The summed E-state index contributed by atoms with van der Waals surface area (Å²) in [5.41, 5.74) is 3.31. The summed E-state index contributed by atoms with van der Waals surface area (Å²) >= 11 is 0. The quantitative estimate of drug-likeness (QED) is 0.768. The molecule has 4 nitrogen and oxygen atoms in total. The molecule has 0 atom stereocenters. The number of hydrogen-bond donors (Lipinski definition) is 2. The van der Waals surface area contributed by atoms with Gasteiger partial charge in [0.1, 0.15) is 0 Å². The number of benzene rings is 2. The van der Waals surface area contributed by atoms with Crippen molar-refractivity contribution in [3.05, 3.63) is 59.7 Å². The van der Waals surface area contributed by atoms with Gasteiger partial charge in [0.05, 0.1) is 5.52 Å². The lowest BCUT2D eigenvalue weighted by Crippen LogP contribution is -2.12. The van der Waals surface area contributed by atoms with Crippen LogP contribution in [-0.4, -0.2) is 16.1 Å². The fourth-order valence-electron chi connectivity index (χ4n) is 2.38. The van der Waals surface area contributed by atoms with Crippen molar-refractivity contribution in [2.75, 3.05) is 5.32 Å². The van der Waals surface area contributed by atoms with E-state index in [1.807, 2.05) is 36.4 Å². The molecule has 3 aromatic rings.